The normalized spacial score (nSPS) is 12.3. The lowest BCUT2D eigenvalue weighted by atomic mass is 9.95. The number of benzene rings is 1. The molecule has 1 aromatic heterocycles. The number of hydrogen-bond acceptors (Lipinski definition) is 6. The molecule has 0 aliphatic heterocycles. The van der Waals surface area contributed by atoms with Crippen LogP contribution in [-0.4, -0.2) is 28.7 Å². The van der Waals surface area contributed by atoms with E-state index in [0.29, 0.717) is 16.9 Å². The highest BCUT2D eigenvalue weighted by Crippen LogP contribution is 2.18. The fourth-order valence-electron chi connectivity index (χ4n) is 2.20. The van der Waals surface area contributed by atoms with E-state index in [2.05, 4.69) is 10.3 Å². The molecule has 1 N–H and O–H groups in total. The first-order chi connectivity index (χ1) is 12.6. The molecule has 144 valence electrons. The van der Waals surface area contributed by atoms with Crippen molar-refractivity contribution >= 4 is 34.7 Å². The molecule has 7 heteroatoms. The van der Waals surface area contributed by atoms with Crippen molar-refractivity contribution in [3.63, 3.8) is 0 Å². The third kappa shape index (κ3) is 5.99. The number of nitrogens with one attached hydrogen (secondary N) is 1. The van der Waals surface area contributed by atoms with Gasteiger partial charge in [-0.1, -0.05) is 20.8 Å². The van der Waals surface area contributed by atoms with Gasteiger partial charge in [0.15, 0.2) is 6.10 Å². The summed E-state index contributed by atoms with van der Waals surface area (Å²) in [6.45, 7) is 8.87. The second-order valence-electron chi connectivity index (χ2n) is 7.31. The summed E-state index contributed by atoms with van der Waals surface area (Å²) in [5, 5.41) is 5.47. The maximum Gasteiger partial charge on any atom is 0.312 e. The minimum Gasteiger partial charge on any atom is -0.454 e. The van der Waals surface area contributed by atoms with Gasteiger partial charge in [0, 0.05) is 22.0 Å². The van der Waals surface area contributed by atoms with Crippen molar-refractivity contribution in [3.8, 4) is 0 Å². The van der Waals surface area contributed by atoms with E-state index < -0.39 is 17.5 Å². The Morgan fingerprint density at radius 1 is 1.19 bits per heavy atom. The number of aryl methyl sites for hydroxylation is 1. The summed E-state index contributed by atoms with van der Waals surface area (Å²) >= 11 is 1.46. The average Bonchev–Trinajstić information content (AvgIpc) is 2.98. The predicted molar refractivity (Wildman–Crippen MR) is 105 cm³/mol. The largest absolute Gasteiger partial charge is 0.454 e. The minimum absolute atomic E-state index is 0.0414. The molecule has 0 radical (unpaired) electrons. The maximum atomic E-state index is 12.5. The summed E-state index contributed by atoms with van der Waals surface area (Å²) in [5.74, 6) is -0.900. The van der Waals surface area contributed by atoms with Crippen LogP contribution in [0.5, 0.6) is 0 Å². The van der Waals surface area contributed by atoms with Crippen LogP contribution >= 0.6 is 11.3 Å². The van der Waals surface area contributed by atoms with Crippen molar-refractivity contribution in [2.75, 3.05) is 5.32 Å². The molecule has 6 nitrogen and oxygen atoms in total. The van der Waals surface area contributed by atoms with Crippen LogP contribution in [0.3, 0.4) is 0 Å². The number of carbonyl (C=O) groups excluding carboxylic acids is 3. The SMILES string of the molecule is Cc1nc(CC(=O)O[C@@H](C)C(=O)c2ccc(NC(=O)C(C)(C)C)cc2)cs1. The van der Waals surface area contributed by atoms with Gasteiger partial charge >= 0.3 is 5.97 Å². The minimum atomic E-state index is -0.896. The molecular weight excluding hydrogens is 364 g/mol. The van der Waals surface area contributed by atoms with Crippen LogP contribution in [0.4, 0.5) is 5.69 Å². The Balaban J connectivity index is 1.94. The monoisotopic (exact) mass is 388 g/mol. The lowest BCUT2D eigenvalue weighted by Gasteiger charge is -2.18. The molecule has 0 saturated carbocycles. The number of Topliss-reactive ketones (excluding diaryl/α,β-unsaturated/α-hetero) is 1. The van der Waals surface area contributed by atoms with Gasteiger partial charge in [0.05, 0.1) is 17.1 Å². The van der Waals surface area contributed by atoms with E-state index in [1.165, 1.54) is 11.3 Å². The van der Waals surface area contributed by atoms with Crippen molar-refractivity contribution in [1.29, 1.82) is 0 Å². The molecule has 1 amide bonds. The summed E-state index contributed by atoms with van der Waals surface area (Å²) in [4.78, 5) is 40.6. The molecule has 0 aliphatic rings. The highest BCUT2D eigenvalue weighted by molar-refractivity contribution is 7.09. The molecule has 0 saturated heterocycles. The number of hydrogen-bond donors (Lipinski definition) is 1. The molecule has 0 spiro atoms. The molecule has 0 fully saturated rings. The number of ether oxygens (including phenoxy) is 1. The summed E-state index contributed by atoms with van der Waals surface area (Å²) in [6, 6.07) is 6.52. The van der Waals surface area contributed by atoms with Gasteiger partial charge in [-0.3, -0.25) is 14.4 Å². The molecule has 0 aliphatic carbocycles. The number of thiazole rings is 1. The maximum absolute atomic E-state index is 12.5. The van der Waals surface area contributed by atoms with Crippen molar-refractivity contribution < 1.29 is 19.1 Å². The highest BCUT2D eigenvalue weighted by Gasteiger charge is 2.22. The number of rotatable bonds is 6. The van der Waals surface area contributed by atoms with Gasteiger partial charge in [0.2, 0.25) is 11.7 Å². The zero-order valence-electron chi connectivity index (χ0n) is 16.2. The van der Waals surface area contributed by atoms with Crippen LogP contribution in [0.1, 0.15) is 48.8 Å². The van der Waals surface area contributed by atoms with Crippen molar-refractivity contribution in [2.45, 2.75) is 47.1 Å². The number of anilines is 1. The second kappa shape index (κ2) is 8.43. The molecule has 0 unspecified atom stereocenters. The van der Waals surface area contributed by atoms with Crippen LogP contribution in [-0.2, 0) is 20.7 Å². The van der Waals surface area contributed by atoms with Gasteiger partial charge in [0.1, 0.15) is 0 Å². The topological polar surface area (TPSA) is 85.4 Å². The Labute approximate surface area is 163 Å². The van der Waals surface area contributed by atoms with Gasteiger partial charge in [-0.15, -0.1) is 11.3 Å². The molecule has 2 aromatic rings. The zero-order chi connectivity index (χ0) is 20.2. The first-order valence-corrected chi connectivity index (χ1v) is 9.50. The number of ketones is 1. The standard InChI is InChI=1S/C20H24N2O4S/c1-12(26-17(23)10-16-11-27-13(2)21-16)18(24)14-6-8-15(9-7-14)22-19(25)20(3,4)5/h6-9,11-12H,10H2,1-5H3,(H,22,25)/t12-/m0/s1. The summed E-state index contributed by atoms with van der Waals surface area (Å²) in [7, 11) is 0. The van der Waals surface area contributed by atoms with E-state index >= 15 is 0 Å². The van der Waals surface area contributed by atoms with E-state index in [4.69, 9.17) is 4.74 Å². The second-order valence-corrected chi connectivity index (χ2v) is 8.37. The number of esters is 1. The first-order valence-electron chi connectivity index (χ1n) is 8.62. The van der Waals surface area contributed by atoms with E-state index in [0.717, 1.165) is 5.01 Å². The molecule has 1 atom stereocenters. The molecule has 1 aromatic carbocycles. The van der Waals surface area contributed by atoms with Crippen LogP contribution in [0, 0.1) is 12.3 Å². The molecule has 1 heterocycles. The van der Waals surface area contributed by atoms with Crippen LogP contribution < -0.4 is 5.32 Å². The number of aromatic nitrogens is 1. The van der Waals surface area contributed by atoms with Gasteiger partial charge in [-0.2, -0.15) is 0 Å². The first kappa shape index (κ1) is 20.8. The summed E-state index contributed by atoms with van der Waals surface area (Å²) in [5.41, 5.74) is 1.15. The van der Waals surface area contributed by atoms with E-state index in [-0.39, 0.29) is 18.1 Å². The summed E-state index contributed by atoms with van der Waals surface area (Å²) in [6.07, 6.45) is -0.855. The van der Waals surface area contributed by atoms with Gasteiger partial charge in [-0.25, -0.2) is 4.98 Å². The molecule has 2 rings (SSSR count). The van der Waals surface area contributed by atoms with Crippen LogP contribution in [0.25, 0.3) is 0 Å². The summed E-state index contributed by atoms with van der Waals surface area (Å²) < 4.78 is 5.23. The zero-order valence-corrected chi connectivity index (χ0v) is 17.0. The Morgan fingerprint density at radius 2 is 1.81 bits per heavy atom. The van der Waals surface area contributed by atoms with Crippen molar-refractivity contribution in [3.05, 3.63) is 45.9 Å². The highest BCUT2D eigenvalue weighted by atomic mass is 32.1. The van der Waals surface area contributed by atoms with Gasteiger partial charge in [-0.05, 0) is 38.1 Å². The molecular formula is C20H24N2O4S. The number of nitrogens with zero attached hydrogens (tertiary/aromatic N) is 1. The number of carbonyl (C=O) groups is 3. The Hall–Kier alpha value is -2.54. The Bertz CT molecular complexity index is 834. The van der Waals surface area contributed by atoms with E-state index in [1.807, 2.05) is 27.7 Å². The van der Waals surface area contributed by atoms with E-state index in [9.17, 15) is 14.4 Å². The smallest absolute Gasteiger partial charge is 0.312 e. The lowest BCUT2D eigenvalue weighted by Crippen LogP contribution is -2.27. The quantitative estimate of drug-likeness (QED) is 0.601. The Morgan fingerprint density at radius 3 is 2.33 bits per heavy atom. The van der Waals surface area contributed by atoms with Crippen molar-refractivity contribution in [1.82, 2.24) is 4.98 Å². The van der Waals surface area contributed by atoms with Crippen molar-refractivity contribution in [2.24, 2.45) is 5.41 Å². The molecule has 27 heavy (non-hydrogen) atoms. The van der Waals surface area contributed by atoms with Gasteiger partial charge < -0.3 is 10.1 Å². The third-order valence-corrected chi connectivity index (χ3v) is 4.60. The fourth-order valence-corrected chi connectivity index (χ4v) is 2.81. The number of amides is 1. The average molecular weight is 388 g/mol. The van der Waals surface area contributed by atoms with Gasteiger partial charge in [0.25, 0.3) is 0 Å². The third-order valence-electron chi connectivity index (χ3n) is 3.78. The fraction of sp³-hybridized carbons (Fsp3) is 0.400. The van der Waals surface area contributed by atoms with Crippen LogP contribution in [0.2, 0.25) is 0 Å². The Kier molecular flexibility index (Phi) is 6.49. The molecule has 0 bridgehead atoms. The van der Waals surface area contributed by atoms with Crippen LogP contribution in [0.15, 0.2) is 29.6 Å². The lowest BCUT2D eigenvalue weighted by molar-refractivity contribution is -0.145. The van der Waals surface area contributed by atoms with E-state index in [1.54, 1.807) is 36.6 Å². The predicted octanol–water partition coefficient (Wildman–Crippen LogP) is 3.79.